The van der Waals surface area contributed by atoms with E-state index < -0.39 is 0 Å². The first-order valence-corrected chi connectivity index (χ1v) is 5.42. The monoisotopic (exact) mass is 215 g/mol. The average molecular weight is 216 g/mol. The van der Waals surface area contributed by atoms with Gasteiger partial charge in [0.25, 0.3) is 0 Å². The number of aromatic nitrogens is 2. The molecule has 0 aliphatic carbocycles. The maximum Gasteiger partial charge on any atom is 0.105 e. The van der Waals surface area contributed by atoms with Crippen molar-refractivity contribution in [2.45, 2.75) is 26.4 Å². The number of nitrogens with zero attached hydrogens (tertiary/aromatic N) is 3. The molecule has 1 aromatic heterocycles. The molecule has 1 unspecified atom stereocenters. The van der Waals surface area contributed by atoms with Gasteiger partial charge in [-0.3, -0.25) is 0 Å². The lowest BCUT2D eigenvalue weighted by Crippen LogP contribution is -2.33. The van der Waals surface area contributed by atoms with Gasteiger partial charge in [-0.15, -0.1) is 11.6 Å². The van der Waals surface area contributed by atoms with Gasteiger partial charge in [0, 0.05) is 37.4 Å². The van der Waals surface area contributed by atoms with E-state index in [2.05, 4.69) is 28.4 Å². The van der Waals surface area contributed by atoms with Crippen LogP contribution >= 0.6 is 11.6 Å². The smallest absolute Gasteiger partial charge is 0.105 e. The third kappa shape index (κ3) is 3.00. The van der Waals surface area contributed by atoms with Crippen molar-refractivity contribution in [2.24, 2.45) is 0 Å². The van der Waals surface area contributed by atoms with Crippen LogP contribution in [0.2, 0.25) is 0 Å². The second-order valence-corrected chi connectivity index (χ2v) is 3.96. The van der Waals surface area contributed by atoms with E-state index in [1.54, 1.807) is 0 Å². The first-order chi connectivity index (χ1) is 6.65. The molecular formula is C10H18ClN3. The molecule has 0 bridgehead atoms. The lowest BCUT2D eigenvalue weighted by Gasteiger charge is -2.22. The van der Waals surface area contributed by atoms with Crippen molar-refractivity contribution in [3.05, 3.63) is 18.2 Å². The van der Waals surface area contributed by atoms with Crippen molar-refractivity contribution >= 4 is 11.6 Å². The maximum absolute atomic E-state index is 5.78. The Labute approximate surface area is 90.7 Å². The SMILES string of the molecule is Cc1nccn1CCN(C)C(C)CCl. The Morgan fingerprint density at radius 2 is 2.36 bits per heavy atom. The molecule has 0 aliphatic heterocycles. The molecule has 1 aromatic rings. The summed E-state index contributed by atoms with van der Waals surface area (Å²) in [7, 11) is 2.10. The quantitative estimate of drug-likeness (QED) is 0.698. The molecule has 4 heteroatoms. The molecule has 0 N–H and O–H groups in total. The van der Waals surface area contributed by atoms with E-state index in [9.17, 15) is 0 Å². The van der Waals surface area contributed by atoms with E-state index in [-0.39, 0.29) is 0 Å². The summed E-state index contributed by atoms with van der Waals surface area (Å²) in [5.41, 5.74) is 0. The number of likely N-dealkylation sites (N-methyl/N-ethyl adjacent to an activating group) is 1. The van der Waals surface area contributed by atoms with Crippen molar-refractivity contribution in [1.82, 2.24) is 14.5 Å². The fourth-order valence-corrected chi connectivity index (χ4v) is 1.48. The normalized spacial score (nSPS) is 13.5. The van der Waals surface area contributed by atoms with Crippen LogP contribution in [0.1, 0.15) is 12.7 Å². The number of aryl methyl sites for hydroxylation is 1. The summed E-state index contributed by atoms with van der Waals surface area (Å²) < 4.78 is 2.15. The van der Waals surface area contributed by atoms with E-state index in [0.717, 1.165) is 18.9 Å². The van der Waals surface area contributed by atoms with Crippen LogP contribution in [-0.4, -0.2) is 40.0 Å². The van der Waals surface area contributed by atoms with Gasteiger partial charge in [0.05, 0.1) is 0 Å². The van der Waals surface area contributed by atoms with Crippen molar-refractivity contribution in [2.75, 3.05) is 19.5 Å². The molecule has 1 atom stereocenters. The molecule has 0 fully saturated rings. The Morgan fingerprint density at radius 3 is 2.86 bits per heavy atom. The Kier molecular flexibility index (Phi) is 4.42. The van der Waals surface area contributed by atoms with Crippen molar-refractivity contribution in [3.8, 4) is 0 Å². The Bertz CT molecular complexity index is 272. The third-order valence-electron chi connectivity index (χ3n) is 2.59. The van der Waals surface area contributed by atoms with Gasteiger partial charge in [-0.1, -0.05) is 0 Å². The maximum atomic E-state index is 5.78. The van der Waals surface area contributed by atoms with Crippen LogP contribution in [-0.2, 0) is 6.54 Å². The third-order valence-corrected chi connectivity index (χ3v) is 3.04. The summed E-state index contributed by atoms with van der Waals surface area (Å²) in [6, 6.07) is 0.431. The molecule has 0 saturated carbocycles. The molecule has 80 valence electrons. The standard InChI is InChI=1S/C10H18ClN3/c1-9(8-11)13(3)6-7-14-5-4-12-10(14)2/h4-5,9H,6-8H2,1-3H3. The molecule has 0 aliphatic rings. The number of rotatable bonds is 5. The van der Waals surface area contributed by atoms with Crippen molar-refractivity contribution in [1.29, 1.82) is 0 Å². The van der Waals surface area contributed by atoms with E-state index in [4.69, 9.17) is 11.6 Å². The van der Waals surface area contributed by atoms with Crippen LogP contribution < -0.4 is 0 Å². The Balaban J connectivity index is 2.37. The van der Waals surface area contributed by atoms with Crippen molar-refractivity contribution < 1.29 is 0 Å². The summed E-state index contributed by atoms with van der Waals surface area (Å²) in [6.07, 6.45) is 3.84. The lowest BCUT2D eigenvalue weighted by molar-refractivity contribution is 0.264. The van der Waals surface area contributed by atoms with Crippen LogP contribution in [0.5, 0.6) is 0 Å². The van der Waals surface area contributed by atoms with Gasteiger partial charge in [-0.05, 0) is 20.9 Å². The van der Waals surface area contributed by atoms with Gasteiger partial charge < -0.3 is 9.47 Å². The number of halogens is 1. The minimum absolute atomic E-state index is 0.431. The summed E-state index contributed by atoms with van der Waals surface area (Å²) in [6.45, 7) is 6.13. The molecule has 1 rings (SSSR count). The summed E-state index contributed by atoms with van der Waals surface area (Å²) >= 11 is 5.78. The summed E-state index contributed by atoms with van der Waals surface area (Å²) in [5.74, 6) is 1.75. The van der Waals surface area contributed by atoms with Crippen LogP contribution in [0, 0.1) is 6.92 Å². The van der Waals surface area contributed by atoms with E-state index in [1.807, 2.05) is 19.3 Å². The van der Waals surface area contributed by atoms with Crippen LogP contribution in [0.25, 0.3) is 0 Å². The van der Waals surface area contributed by atoms with Crippen LogP contribution in [0.3, 0.4) is 0 Å². The highest BCUT2D eigenvalue weighted by atomic mass is 35.5. The predicted molar refractivity (Wildman–Crippen MR) is 59.8 cm³/mol. The molecular weight excluding hydrogens is 198 g/mol. The first-order valence-electron chi connectivity index (χ1n) is 4.89. The van der Waals surface area contributed by atoms with Crippen LogP contribution in [0.4, 0.5) is 0 Å². The van der Waals surface area contributed by atoms with Crippen molar-refractivity contribution in [3.63, 3.8) is 0 Å². The number of hydrogen-bond donors (Lipinski definition) is 0. The van der Waals surface area contributed by atoms with Gasteiger partial charge in [0.2, 0.25) is 0 Å². The predicted octanol–water partition coefficient (Wildman–Crippen LogP) is 1.75. The fourth-order valence-electron chi connectivity index (χ4n) is 1.24. The first kappa shape index (κ1) is 11.5. The second-order valence-electron chi connectivity index (χ2n) is 3.65. The molecule has 0 radical (unpaired) electrons. The lowest BCUT2D eigenvalue weighted by atomic mass is 10.3. The molecule has 1 heterocycles. The van der Waals surface area contributed by atoms with Crippen LogP contribution in [0.15, 0.2) is 12.4 Å². The minimum atomic E-state index is 0.431. The molecule has 3 nitrogen and oxygen atoms in total. The summed E-state index contributed by atoms with van der Waals surface area (Å²) in [4.78, 5) is 6.43. The molecule has 0 aromatic carbocycles. The van der Waals surface area contributed by atoms with Gasteiger partial charge >= 0.3 is 0 Å². The largest absolute Gasteiger partial charge is 0.334 e. The fraction of sp³-hybridized carbons (Fsp3) is 0.700. The van der Waals surface area contributed by atoms with E-state index in [0.29, 0.717) is 11.9 Å². The second kappa shape index (κ2) is 5.37. The van der Waals surface area contributed by atoms with Gasteiger partial charge in [-0.2, -0.15) is 0 Å². The molecule has 0 spiro atoms. The topological polar surface area (TPSA) is 21.1 Å². The Hall–Kier alpha value is -0.540. The Morgan fingerprint density at radius 1 is 1.64 bits per heavy atom. The zero-order valence-electron chi connectivity index (χ0n) is 9.07. The molecule has 0 saturated heterocycles. The van der Waals surface area contributed by atoms with Gasteiger partial charge in [-0.25, -0.2) is 4.98 Å². The summed E-state index contributed by atoms with van der Waals surface area (Å²) in [5, 5.41) is 0. The minimum Gasteiger partial charge on any atom is -0.334 e. The molecule has 14 heavy (non-hydrogen) atoms. The van der Waals surface area contributed by atoms with E-state index >= 15 is 0 Å². The highest BCUT2D eigenvalue weighted by Gasteiger charge is 2.07. The average Bonchev–Trinajstić information content (AvgIpc) is 2.59. The zero-order valence-corrected chi connectivity index (χ0v) is 9.83. The number of hydrogen-bond acceptors (Lipinski definition) is 2. The highest BCUT2D eigenvalue weighted by Crippen LogP contribution is 2.00. The number of imidazole rings is 1. The number of alkyl halides is 1. The highest BCUT2D eigenvalue weighted by molar-refractivity contribution is 6.18. The molecule has 0 amide bonds. The van der Waals surface area contributed by atoms with Gasteiger partial charge in [0.1, 0.15) is 5.82 Å². The van der Waals surface area contributed by atoms with E-state index in [1.165, 1.54) is 0 Å². The zero-order chi connectivity index (χ0) is 10.6. The van der Waals surface area contributed by atoms with Gasteiger partial charge in [0.15, 0.2) is 0 Å².